The summed E-state index contributed by atoms with van der Waals surface area (Å²) in [6, 6.07) is 10.4. The van der Waals surface area contributed by atoms with Crippen molar-refractivity contribution in [2.45, 2.75) is 36.6 Å². The molecule has 332 valence electrons. The molecule has 0 aliphatic carbocycles. The molecule has 4 rings (SSSR count). The maximum Gasteiger partial charge on any atom is 0.369 e. The molecule has 0 bridgehead atoms. The third-order valence-corrected chi connectivity index (χ3v) is 12.4. The van der Waals surface area contributed by atoms with Crippen molar-refractivity contribution in [1.82, 2.24) is 15.2 Å². The summed E-state index contributed by atoms with van der Waals surface area (Å²) in [4.78, 5) is 76.3. The number of imidazole rings is 1. The number of hydrogen-bond acceptors (Lipinski definition) is 14. The monoisotopic (exact) mass is 890 g/mol. The number of carbonyl (C=O) groups is 3. The number of aliphatic hydroxyl groups excluding tert-OH is 1. The van der Waals surface area contributed by atoms with Gasteiger partial charge in [-0.3, -0.25) is 18.9 Å². The fourth-order valence-electron chi connectivity index (χ4n) is 5.54. The Labute approximate surface area is 343 Å². The number of hydrogen-bond donors (Lipinski definition) is 7. The summed E-state index contributed by atoms with van der Waals surface area (Å²) >= 11 is 0. The van der Waals surface area contributed by atoms with E-state index >= 15 is 0 Å². The highest BCUT2D eigenvalue weighted by Crippen LogP contribution is 2.65. The lowest BCUT2D eigenvalue weighted by Gasteiger charge is -2.34. The quantitative estimate of drug-likeness (QED) is 0.0268. The van der Waals surface area contributed by atoms with Crippen LogP contribution >= 0.6 is 15.2 Å². The molecule has 0 saturated heterocycles. The second-order valence-corrected chi connectivity index (χ2v) is 17.3. The standard InChI is InChI=1S/C36H49FN4O17P2/c37-27-3-1-26(2-4-27)31-22-58-32-19-29(5-6-30(32)35(31)45)57-23-34(44)38-8-12-54-14-16-56-18-17-55-15-13-53-11-7-33(43)39-20-28(42)21-40-9-10-41(25-40)24-36(46,59(47,48)49)60(50,51)52/h1-6,9-10,19,25,28,31,42,46H,7-8,11-18,20-24H2,(H5-,38,39,43,44,47,48,49,50,51,52). The summed E-state index contributed by atoms with van der Waals surface area (Å²) in [5, 5.41) is 21.7. The van der Waals surface area contributed by atoms with Crippen molar-refractivity contribution in [2.24, 2.45) is 0 Å². The van der Waals surface area contributed by atoms with Gasteiger partial charge in [-0.15, -0.1) is 0 Å². The molecule has 1 aromatic heterocycles. The smallest absolute Gasteiger partial charge is 0.369 e. The number of Topliss-reactive ketones (excluding diaryl/α,β-unsaturated/α-hetero) is 1. The molecule has 4 unspecified atom stereocenters. The van der Waals surface area contributed by atoms with E-state index in [2.05, 4.69) is 10.6 Å². The first kappa shape index (κ1) is 48.5. The van der Waals surface area contributed by atoms with Crippen LogP contribution in [0.15, 0.2) is 61.2 Å². The molecule has 24 heteroatoms. The number of amides is 2. The molecule has 0 radical (unpaired) electrons. The molecule has 0 saturated carbocycles. The number of aliphatic hydroxyl groups is 2. The second-order valence-electron chi connectivity index (χ2n) is 13.4. The highest BCUT2D eigenvalue weighted by atomic mass is 31.2. The number of rotatable bonds is 27. The van der Waals surface area contributed by atoms with Gasteiger partial charge in [-0.05, 0) is 29.8 Å². The van der Waals surface area contributed by atoms with Gasteiger partial charge in [-0.25, -0.2) is 13.5 Å². The first-order chi connectivity index (χ1) is 28.5. The predicted octanol–water partition coefficient (Wildman–Crippen LogP) is -1.23. The van der Waals surface area contributed by atoms with Gasteiger partial charge in [-0.1, -0.05) is 12.1 Å². The molecule has 3 aromatic rings. The minimum absolute atomic E-state index is 0.00631. The fourth-order valence-corrected chi connectivity index (χ4v) is 7.55. The molecular formula is C36H49FN4O17P2. The lowest BCUT2D eigenvalue weighted by atomic mass is 9.89. The molecular weight excluding hydrogens is 841 g/mol. The van der Waals surface area contributed by atoms with Crippen LogP contribution in [0.5, 0.6) is 11.5 Å². The van der Waals surface area contributed by atoms with E-state index in [0.29, 0.717) is 49.1 Å². The molecule has 0 spiro atoms. The van der Waals surface area contributed by atoms with E-state index in [1.54, 1.807) is 30.3 Å². The molecule has 1 aliphatic rings. The molecule has 2 heterocycles. The first-order valence-corrected chi connectivity index (χ1v) is 21.7. The Kier molecular flexibility index (Phi) is 18.7. The lowest BCUT2D eigenvalue weighted by Crippen LogP contribution is -2.48. The van der Waals surface area contributed by atoms with Gasteiger partial charge >= 0.3 is 7.60 Å². The van der Waals surface area contributed by atoms with Gasteiger partial charge in [-0.2, -0.15) is 0 Å². The van der Waals surface area contributed by atoms with E-state index in [1.165, 1.54) is 22.9 Å². The van der Waals surface area contributed by atoms with Crippen LogP contribution in [0.3, 0.4) is 0 Å². The minimum atomic E-state index is -5.89. The van der Waals surface area contributed by atoms with Gasteiger partial charge in [0.05, 0.1) is 64.3 Å². The molecule has 0 fully saturated rings. The summed E-state index contributed by atoms with van der Waals surface area (Å²) in [5.74, 6) is -1.13. The zero-order valence-electron chi connectivity index (χ0n) is 32.3. The maximum absolute atomic E-state index is 13.3. The average molecular weight is 891 g/mol. The third kappa shape index (κ3) is 15.1. The topological polar surface area (TPSA) is 298 Å². The highest BCUT2D eigenvalue weighted by molar-refractivity contribution is 7.71. The Hall–Kier alpha value is -4.15. The van der Waals surface area contributed by atoms with Crippen LogP contribution in [0, 0.1) is 5.82 Å². The highest BCUT2D eigenvalue weighted by Gasteiger charge is 2.55. The van der Waals surface area contributed by atoms with Crippen LogP contribution in [0.1, 0.15) is 28.3 Å². The molecule has 21 nitrogen and oxygen atoms in total. The summed E-state index contributed by atoms with van der Waals surface area (Å²) in [7, 11) is -11.6. The van der Waals surface area contributed by atoms with Crippen LogP contribution in [-0.4, -0.2) is 137 Å². The summed E-state index contributed by atoms with van der Waals surface area (Å²) in [6.45, 7) is 0.703. The number of aromatic nitrogens is 2. The van der Waals surface area contributed by atoms with Crippen molar-refractivity contribution in [3.8, 4) is 11.5 Å². The predicted molar refractivity (Wildman–Crippen MR) is 202 cm³/mol. The van der Waals surface area contributed by atoms with Gasteiger partial charge < -0.3 is 73.4 Å². The summed E-state index contributed by atoms with van der Waals surface area (Å²) < 4.78 is 71.4. The lowest BCUT2D eigenvalue weighted by molar-refractivity contribution is -0.703. The first-order valence-electron chi connectivity index (χ1n) is 18.6. The number of nitrogens with zero attached hydrogens (tertiary/aromatic N) is 2. The van der Waals surface area contributed by atoms with E-state index in [-0.39, 0.29) is 83.2 Å². The van der Waals surface area contributed by atoms with Gasteiger partial charge in [0.25, 0.3) is 11.0 Å². The number of carbonyl (C=O) groups excluding carboxylic acids is 3. The van der Waals surface area contributed by atoms with Crippen LogP contribution in [0.4, 0.5) is 4.39 Å². The van der Waals surface area contributed by atoms with Gasteiger partial charge in [0.1, 0.15) is 55.5 Å². The zero-order valence-corrected chi connectivity index (χ0v) is 34.1. The normalized spacial score (nSPS) is 16.5. The van der Waals surface area contributed by atoms with Gasteiger partial charge in [0.2, 0.25) is 12.2 Å². The van der Waals surface area contributed by atoms with E-state index in [9.17, 15) is 57.7 Å². The van der Waals surface area contributed by atoms with Gasteiger partial charge in [0, 0.05) is 25.6 Å². The van der Waals surface area contributed by atoms with Crippen molar-refractivity contribution in [1.29, 1.82) is 0 Å². The van der Waals surface area contributed by atoms with Gasteiger partial charge in [0.15, 0.2) is 20.0 Å². The van der Waals surface area contributed by atoms with Crippen molar-refractivity contribution in [2.75, 3.05) is 79.2 Å². The molecule has 2 aromatic carbocycles. The number of benzene rings is 2. The largest absolute Gasteiger partial charge is 0.776 e. The number of nitrogens with one attached hydrogen (secondary N) is 2. The molecule has 60 heavy (non-hydrogen) atoms. The molecule has 1 aliphatic heterocycles. The van der Waals surface area contributed by atoms with Crippen LogP contribution in [0.25, 0.3) is 0 Å². The van der Waals surface area contributed by atoms with E-state index in [1.807, 2.05) is 0 Å². The molecule has 2 amide bonds. The van der Waals surface area contributed by atoms with Crippen LogP contribution in [-0.2, 0) is 50.8 Å². The Morgan fingerprint density at radius 2 is 1.58 bits per heavy atom. The van der Waals surface area contributed by atoms with E-state index < -0.39 is 44.7 Å². The Morgan fingerprint density at radius 1 is 0.950 bits per heavy atom. The zero-order chi connectivity index (χ0) is 43.8. The Morgan fingerprint density at radius 3 is 2.22 bits per heavy atom. The molecule has 4 atom stereocenters. The number of halogens is 1. The Balaban J connectivity index is 0.931. The Bertz CT molecular complexity index is 1940. The summed E-state index contributed by atoms with van der Waals surface area (Å²) in [5.41, 5.74) is 1.04. The average Bonchev–Trinajstić information content (AvgIpc) is 3.63. The second kappa shape index (κ2) is 23.2. The minimum Gasteiger partial charge on any atom is -0.776 e. The number of ketones is 1. The SMILES string of the molecule is O=C(CCOCCOCCOCCOCCNC(=O)COc1ccc2c(c1)OCC(c1ccc(F)cc1)C2=O)NCC(O)Cn1cc[n+](CC(O)(P(=O)([O-])O)P(=O)(O)O)c1. The number of ether oxygens (including phenoxy) is 6. The van der Waals surface area contributed by atoms with E-state index in [4.69, 9.17) is 28.4 Å². The van der Waals surface area contributed by atoms with Crippen molar-refractivity contribution in [3.05, 3.63) is 78.1 Å². The van der Waals surface area contributed by atoms with Crippen molar-refractivity contribution in [3.63, 3.8) is 0 Å². The summed E-state index contributed by atoms with van der Waals surface area (Å²) in [6.07, 6.45) is 2.52. The van der Waals surface area contributed by atoms with Crippen LogP contribution < -0.4 is 29.6 Å². The number of fused-ring (bicyclic) bond motifs is 1. The molecule has 7 N–H and O–H groups in total. The maximum atomic E-state index is 13.3. The van der Waals surface area contributed by atoms with Crippen molar-refractivity contribution < 1.29 is 90.7 Å². The van der Waals surface area contributed by atoms with Crippen molar-refractivity contribution >= 4 is 32.8 Å². The van der Waals surface area contributed by atoms with E-state index in [0.717, 1.165) is 17.1 Å². The van der Waals surface area contributed by atoms with Crippen LogP contribution in [0.2, 0.25) is 0 Å². The third-order valence-electron chi connectivity index (χ3n) is 8.76. The fraction of sp³-hybridized carbons (Fsp3) is 0.500.